The Labute approximate surface area is 135 Å². The Bertz CT molecular complexity index is 616. The summed E-state index contributed by atoms with van der Waals surface area (Å²) in [5.41, 5.74) is 2.26. The van der Waals surface area contributed by atoms with Crippen LogP contribution in [0.15, 0.2) is 48.5 Å². The minimum Gasteiger partial charge on any atom is -0.460 e. The largest absolute Gasteiger partial charge is 0.460 e. The summed E-state index contributed by atoms with van der Waals surface area (Å²) in [6.07, 6.45) is 0. The van der Waals surface area contributed by atoms with Crippen LogP contribution < -0.4 is 0 Å². The fourth-order valence-electron chi connectivity index (χ4n) is 1.77. The van der Waals surface area contributed by atoms with Gasteiger partial charge in [0.2, 0.25) is 0 Å². The van der Waals surface area contributed by atoms with E-state index in [4.69, 9.17) is 11.6 Å². The zero-order valence-electron chi connectivity index (χ0n) is 12.9. The van der Waals surface area contributed by atoms with E-state index in [-0.39, 0.29) is 6.61 Å². The molecule has 0 amide bonds. The van der Waals surface area contributed by atoms with Crippen LogP contribution in [0.3, 0.4) is 0 Å². The quantitative estimate of drug-likeness (QED) is 0.463. The maximum absolute atomic E-state index is 11.7. The highest BCUT2D eigenvalue weighted by molar-refractivity contribution is 6.40. The minimum absolute atomic E-state index is 0.188. The number of carbonyl (C=O) groups is 2. The van der Waals surface area contributed by atoms with Gasteiger partial charge in [-0.05, 0) is 30.2 Å². The molecule has 0 saturated heterocycles. The molecule has 0 N–H and O–H groups in total. The lowest BCUT2D eigenvalue weighted by atomic mass is 10.0. The Morgan fingerprint density at radius 2 is 1.36 bits per heavy atom. The van der Waals surface area contributed by atoms with Crippen molar-refractivity contribution in [3.8, 4) is 11.1 Å². The molecular formula is C18H19ClO3. The summed E-state index contributed by atoms with van der Waals surface area (Å²) in [7, 11) is 0. The lowest BCUT2D eigenvalue weighted by molar-refractivity contribution is -0.137. The third-order valence-electron chi connectivity index (χ3n) is 2.79. The second-order valence-corrected chi connectivity index (χ2v) is 4.57. The number of Topliss-reactive ketones (excluding diaryl/α,β-unsaturated/α-hetero) is 1. The summed E-state index contributed by atoms with van der Waals surface area (Å²) < 4.78 is 4.68. The zero-order valence-corrected chi connectivity index (χ0v) is 13.7. The van der Waals surface area contributed by atoms with Gasteiger partial charge in [-0.3, -0.25) is 4.79 Å². The molecule has 0 aliphatic rings. The van der Waals surface area contributed by atoms with E-state index in [2.05, 4.69) is 4.74 Å². The van der Waals surface area contributed by atoms with E-state index in [1.807, 2.05) is 26.0 Å². The van der Waals surface area contributed by atoms with Crippen molar-refractivity contribution in [3.05, 3.63) is 59.1 Å². The number of ether oxygens (including phenoxy) is 1. The van der Waals surface area contributed by atoms with Gasteiger partial charge in [-0.15, -0.1) is 0 Å². The summed E-state index contributed by atoms with van der Waals surface area (Å²) in [6.45, 7) is 5.85. The third kappa shape index (κ3) is 4.71. The predicted molar refractivity (Wildman–Crippen MR) is 89.2 cm³/mol. The second-order valence-electron chi connectivity index (χ2n) is 4.13. The smallest absolute Gasteiger partial charge is 0.379 e. The number of hydrogen-bond donors (Lipinski definition) is 0. The van der Waals surface area contributed by atoms with Crippen LogP contribution in [0.5, 0.6) is 0 Å². The van der Waals surface area contributed by atoms with Gasteiger partial charge < -0.3 is 4.74 Å². The molecule has 0 spiro atoms. The molecule has 0 heterocycles. The molecule has 0 atom stereocenters. The third-order valence-corrected chi connectivity index (χ3v) is 3.04. The van der Waals surface area contributed by atoms with Gasteiger partial charge >= 0.3 is 5.97 Å². The Morgan fingerprint density at radius 1 is 0.909 bits per heavy atom. The summed E-state index contributed by atoms with van der Waals surface area (Å²) in [5.74, 6) is -1.46. The highest BCUT2D eigenvalue weighted by Gasteiger charge is 2.16. The molecule has 2 aromatic carbocycles. The molecule has 0 bridgehead atoms. The van der Waals surface area contributed by atoms with Crippen molar-refractivity contribution in [1.29, 1.82) is 0 Å². The van der Waals surface area contributed by atoms with E-state index in [1.165, 1.54) is 0 Å². The minimum atomic E-state index is -0.827. The maximum Gasteiger partial charge on any atom is 0.379 e. The molecule has 116 valence electrons. The van der Waals surface area contributed by atoms with Crippen molar-refractivity contribution >= 4 is 23.4 Å². The lowest BCUT2D eigenvalue weighted by Gasteiger charge is -2.04. The number of hydrogen-bond acceptors (Lipinski definition) is 3. The summed E-state index contributed by atoms with van der Waals surface area (Å²) >= 11 is 5.83. The molecule has 0 aliphatic carbocycles. The summed E-state index contributed by atoms with van der Waals surface area (Å²) in [5, 5.41) is 0.669. The number of halogens is 1. The van der Waals surface area contributed by atoms with E-state index in [0.29, 0.717) is 10.6 Å². The molecule has 2 rings (SSSR count). The van der Waals surface area contributed by atoms with Gasteiger partial charge in [-0.1, -0.05) is 61.8 Å². The molecule has 2 aromatic rings. The average Bonchev–Trinajstić information content (AvgIpc) is 2.57. The van der Waals surface area contributed by atoms with Crippen LogP contribution in [-0.2, 0) is 9.53 Å². The monoisotopic (exact) mass is 318 g/mol. The second kappa shape index (κ2) is 9.00. The Kier molecular flexibility index (Phi) is 7.33. The molecule has 4 heteroatoms. The highest BCUT2D eigenvalue weighted by Crippen LogP contribution is 2.22. The SMILES string of the molecule is CC.CCOC(=O)C(=O)c1ccc(-c2ccc(Cl)cc2)cc1. The van der Waals surface area contributed by atoms with Crippen molar-refractivity contribution in [1.82, 2.24) is 0 Å². The van der Waals surface area contributed by atoms with Crippen LogP contribution in [0.2, 0.25) is 5.02 Å². The van der Waals surface area contributed by atoms with E-state index in [0.717, 1.165) is 11.1 Å². The normalized spacial score (nSPS) is 9.45. The molecule has 0 radical (unpaired) electrons. The molecular weight excluding hydrogens is 300 g/mol. The van der Waals surface area contributed by atoms with Crippen LogP contribution in [0, 0.1) is 0 Å². The first-order valence-electron chi connectivity index (χ1n) is 7.19. The van der Waals surface area contributed by atoms with Crippen molar-refractivity contribution in [2.75, 3.05) is 6.61 Å². The zero-order chi connectivity index (χ0) is 16.5. The number of esters is 1. The van der Waals surface area contributed by atoms with Crippen molar-refractivity contribution < 1.29 is 14.3 Å². The van der Waals surface area contributed by atoms with Crippen LogP contribution in [0.1, 0.15) is 31.1 Å². The van der Waals surface area contributed by atoms with Gasteiger partial charge in [0.15, 0.2) is 0 Å². The van der Waals surface area contributed by atoms with Gasteiger partial charge in [0.25, 0.3) is 5.78 Å². The van der Waals surface area contributed by atoms with Crippen molar-refractivity contribution in [2.45, 2.75) is 20.8 Å². The average molecular weight is 319 g/mol. The summed E-state index contributed by atoms with van der Waals surface area (Å²) in [4.78, 5) is 23.1. The number of benzene rings is 2. The molecule has 0 aliphatic heterocycles. The lowest BCUT2D eigenvalue weighted by Crippen LogP contribution is -2.17. The van der Waals surface area contributed by atoms with Gasteiger partial charge in [0, 0.05) is 10.6 Å². The van der Waals surface area contributed by atoms with E-state index >= 15 is 0 Å². The molecule has 22 heavy (non-hydrogen) atoms. The number of rotatable bonds is 4. The first-order chi connectivity index (χ1) is 10.6. The fraction of sp³-hybridized carbons (Fsp3) is 0.222. The van der Waals surface area contributed by atoms with Gasteiger partial charge in [0.1, 0.15) is 0 Å². The molecule has 0 saturated carbocycles. The molecule has 0 unspecified atom stereocenters. The van der Waals surface area contributed by atoms with Gasteiger partial charge in [0.05, 0.1) is 6.61 Å². The number of carbonyl (C=O) groups excluding carboxylic acids is 2. The molecule has 0 fully saturated rings. The van der Waals surface area contributed by atoms with Crippen molar-refractivity contribution in [3.63, 3.8) is 0 Å². The van der Waals surface area contributed by atoms with E-state index < -0.39 is 11.8 Å². The number of ketones is 1. The Hall–Kier alpha value is -2.13. The Morgan fingerprint density at radius 3 is 1.82 bits per heavy atom. The standard InChI is InChI=1S/C16H13ClO3.C2H6/c1-2-20-16(19)15(18)13-5-3-11(4-6-13)12-7-9-14(17)10-8-12;1-2/h3-10H,2H2,1H3;1-2H3. The summed E-state index contributed by atoms with van der Waals surface area (Å²) in [6, 6.07) is 14.2. The van der Waals surface area contributed by atoms with Gasteiger partial charge in [-0.25, -0.2) is 4.79 Å². The van der Waals surface area contributed by atoms with Gasteiger partial charge in [-0.2, -0.15) is 0 Å². The van der Waals surface area contributed by atoms with E-state index in [1.54, 1.807) is 43.3 Å². The fourth-order valence-corrected chi connectivity index (χ4v) is 1.90. The topological polar surface area (TPSA) is 43.4 Å². The van der Waals surface area contributed by atoms with Crippen molar-refractivity contribution in [2.24, 2.45) is 0 Å². The highest BCUT2D eigenvalue weighted by atomic mass is 35.5. The van der Waals surface area contributed by atoms with Crippen LogP contribution in [-0.4, -0.2) is 18.4 Å². The van der Waals surface area contributed by atoms with Crippen LogP contribution in [0.4, 0.5) is 0 Å². The Balaban J connectivity index is 0.00000116. The first-order valence-corrected chi connectivity index (χ1v) is 7.57. The molecule has 3 nitrogen and oxygen atoms in total. The van der Waals surface area contributed by atoms with Crippen LogP contribution >= 0.6 is 11.6 Å². The predicted octanol–water partition coefficient (Wildman–Crippen LogP) is 4.78. The maximum atomic E-state index is 11.7. The first kappa shape index (κ1) is 17.9. The van der Waals surface area contributed by atoms with Crippen LogP contribution in [0.25, 0.3) is 11.1 Å². The molecule has 0 aromatic heterocycles. The van der Waals surface area contributed by atoms with E-state index in [9.17, 15) is 9.59 Å².